The average Bonchev–Trinajstić information content (AvgIpc) is 2.86. The first kappa shape index (κ1) is 20.9. The molecule has 1 aromatic heterocycles. The molecule has 0 aliphatic carbocycles. The van der Waals surface area contributed by atoms with Crippen LogP contribution in [0.3, 0.4) is 0 Å². The Hall–Kier alpha value is -1.42. The molecular weight excluding hydrogens is 438 g/mol. The van der Waals surface area contributed by atoms with Gasteiger partial charge >= 0.3 is 12.1 Å². The van der Waals surface area contributed by atoms with Gasteiger partial charge in [-0.3, -0.25) is 4.68 Å². The highest BCUT2D eigenvalue weighted by Gasteiger charge is 2.38. The van der Waals surface area contributed by atoms with Crippen molar-refractivity contribution in [3.63, 3.8) is 0 Å². The second-order valence-corrected chi connectivity index (χ2v) is 7.29. The number of halogens is 6. The van der Waals surface area contributed by atoms with Gasteiger partial charge in [0.25, 0.3) is 0 Å². The van der Waals surface area contributed by atoms with Crippen molar-refractivity contribution in [3.05, 3.63) is 40.5 Å². The van der Waals surface area contributed by atoms with Crippen LogP contribution in [0.1, 0.15) is 11.3 Å². The van der Waals surface area contributed by atoms with E-state index in [2.05, 4.69) is 15.1 Å². The molecule has 0 N–H and O–H groups in total. The number of alkyl halides is 5. The van der Waals surface area contributed by atoms with Gasteiger partial charge in [-0.1, -0.05) is 51.7 Å². The van der Waals surface area contributed by atoms with Crippen LogP contribution in [0.15, 0.2) is 39.3 Å². The molecule has 0 radical (unpaired) electrons. The van der Waals surface area contributed by atoms with E-state index in [4.69, 9.17) is 34.8 Å². The Labute approximate surface area is 165 Å². The molecule has 0 amide bonds. The maximum absolute atomic E-state index is 13.2. The minimum absolute atomic E-state index is 0.132. The topological polar surface area (TPSA) is 56.5 Å². The van der Waals surface area contributed by atoms with Crippen LogP contribution in [0, 0.1) is 0 Å². The van der Waals surface area contributed by atoms with Gasteiger partial charge in [-0.2, -0.15) is 18.3 Å². The van der Waals surface area contributed by atoms with Crippen molar-refractivity contribution in [1.82, 2.24) is 9.78 Å². The summed E-state index contributed by atoms with van der Waals surface area (Å²) in [5.41, 5.74) is -1.54. The molecule has 0 saturated carbocycles. The van der Waals surface area contributed by atoms with Crippen molar-refractivity contribution >= 4 is 58.7 Å². The van der Waals surface area contributed by atoms with E-state index in [-0.39, 0.29) is 10.6 Å². The van der Waals surface area contributed by atoms with Crippen molar-refractivity contribution in [2.75, 3.05) is 0 Å². The van der Waals surface area contributed by atoms with Crippen molar-refractivity contribution < 1.29 is 22.8 Å². The van der Waals surface area contributed by atoms with Gasteiger partial charge in [-0.25, -0.2) is 4.79 Å². The zero-order chi connectivity index (χ0) is 19.5. The van der Waals surface area contributed by atoms with Crippen LogP contribution in [0.2, 0.25) is 5.02 Å². The maximum atomic E-state index is 13.2. The summed E-state index contributed by atoms with van der Waals surface area (Å²) >= 11 is 17.4. The third kappa shape index (κ3) is 5.29. The number of rotatable bonds is 5. The molecule has 0 aliphatic rings. The molecular formula is C14H9Cl3F3N3O2S. The molecule has 12 heteroatoms. The first-order valence-electron chi connectivity index (χ1n) is 6.69. The smallest absolute Gasteiger partial charge is 0.315 e. The van der Waals surface area contributed by atoms with Crippen molar-refractivity contribution in [3.8, 4) is 0 Å². The molecule has 0 spiro atoms. The number of aromatic nitrogens is 2. The number of oxime groups is 1. The maximum Gasteiger partial charge on any atom is 0.435 e. The highest BCUT2D eigenvalue weighted by atomic mass is 35.5. The molecule has 0 unspecified atom stereocenters. The molecule has 0 fully saturated rings. The monoisotopic (exact) mass is 445 g/mol. The van der Waals surface area contributed by atoms with E-state index in [1.807, 2.05) is 0 Å². The summed E-state index contributed by atoms with van der Waals surface area (Å²) in [5.74, 6) is -1.12. The van der Waals surface area contributed by atoms with Gasteiger partial charge in [-0.05, 0) is 24.3 Å². The van der Waals surface area contributed by atoms with E-state index in [9.17, 15) is 18.0 Å². The van der Waals surface area contributed by atoms with Crippen LogP contribution in [-0.2, 0) is 22.9 Å². The molecule has 0 bridgehead atoms. The fourth-order valence-electron chi connectivity index (χ4n) is 1.76. The van der Waals surface area contributed by atoms with E-state index in [0.29, 0.717) is 9.92 Å². The van der Waals surface area contributed by atoms with E-state index in [0.717, 1.165) is 22.7 Å². The Balaban J connectivity index is 2.40. The number of hydrogen-bond donors (Lipinski definition) is 0. The molecule has 0 aliphatic heterocycles. The molecule has 140 valence electrons. The molecule has 0 atom stereocenters. The van der Waals surface area contributed by atoms with Crippen molar-refractivity contribution in [2.45, 2.75) is 20.9 Å². The van der Waals surface area contributed by atoms with Crippen LogP contribution < -0.4 is 0 Å². The average molecular weight is 447 g/mol. The van der Waals surface area contributed by atoms with Gasteiger partial charge in [0.1, 0.15) is 5.03 Å². The van der Waals surface area contributed by atoms with Crippen molar-refractivity contribution in [2.24, 2.45) is 12.2 Å². The molecule has 2 aromatic rings. The van der Waals surface area contributed by atoms with E-state index < -0.39 is 22.7 Å². The number of benzene rings is 1. The summed E-state index contributed by atoms with van der Waals surface area (Å²) in [6.07, 6.45) is -3.99. The zero-order valence-corrected chi connectivity index (χ0v) is 15.9. The lowest BCUT2D eigenvalue weighted by Gasteiger charge is -2.05. The molecule has 5 nitrogen and oxygen atoms in total. The molecule has 26 heavy (non-hydrogen) atoms. The molecule has 0 saturated heterocycles. The van der Waals surface area contributed by atoms with Crippen LogP contribution in [0.4, 0.5) is 13.2 Å². The third-order valence-corrected chi connectivity index (χ3v) is 4.62. The predicted octanol–water partition coefficient (Wildman–Crippen LogP) is 4.92. The lowest BCUT2D eigenvalue weighted by molar-refractivity contribution is -0.141. The quantitative estimate of drug-likeness (QED) is 0.283. The molecule has 1 aromatic carbocycles. The fraction of sp³-hybridized carbons (Fsp3) is 0.214. The van der Waals surface area contributed by atoms with Gasteiger partial charge in [-0.15, -0.1) is 0 Å². The van der Waals surface area contributed by atoms with Gasteiger partial charge in [0.15, 0.2) is 5.69 Å². The van der Waals surface area contributed by atoms with E-state index >= 15 is 0 Å². The Morgan fingerprint density at radius 1 is 1.35 bits per heavy atom. The van der Waals surface area contributed by atoms with Crippen LogP contribution in [0.5, 0.6) is 0 Å². The summed E-state index contributed by atoms with van der Waals surface area (Å²) in [7, 11) is 1.35. The SMILES string of the molecule is Cn1nc(C(F)(F)F)c(/C=N\OC(=O)C(Cl)Cl)c1Sc1ccc(Cl)cc1. The summed E-state index contributed by atoms with van der Waals surface area (Å²) in [6, 6.07) is 6.47. The first-order valence-corrected chi connectivity index (χ1v) is 8.76. The Morgan fingerprint density at radius 3 is 2.50 bits per heavy atom. The Bertz CT molecular complexity index is 823. The van der Waals surface area contributed by atoms with Crippen LogP contribution >= 0.6 is 46.6 Å². The first-order chi connectivity index (χ1) is 12.1. The van der Waals surface area contributed by atoms with Crippen LogP contribution in [0.25, 0.3) is 0 Å². The summed E-state index contributed by atoms with van der Waals surface area (Å²) in [4.78, 5) is 14.6. The lowest BCUT2D eigenvalue weighted by Crippen LogP contribution is -2.11. The standard InChI is InChI=1S/C14H9Cl3F3N3O2S/c1-23-12(26-8-4-2-7(15)3-5-8)9(10(22-23)14(18,19)20)6-21-25-13(24)11(16)17/h2-6,11H,1H3/b21-6-. The summed E-state index contributed by atoms with van der Waals surface area (Å²) in [5, 5.41) is 7.34. The van der Waals surface area contributed by atoms with E-state index in [1.54, 1.807) is 24.3 Å². The minimum Gasteiger partial charge on any atom is -0.315 e. The van der Waals surface area contributed by atoms with Gasteiger partial charge in [0.2, 0.25) is 4.84 Å². The number of hydrogen-bond acceptors (Lipinski definition) is 5. The Morgan fingerprint density at radius 2 is 1.96 bits per heavy atom. The van der Waals surface area contributed by atoms with E-state index in [1.165, 1.54) is 7.05 Å². The predicted molar refractivity (Wildman–Crippen MR) is 93.0 cm³/mol. The molecule has 1 heterocycles. The van der Waals surface area contributed by atoms with Crippen LogP contribution in [-0.4, -0.2) is 26.8 Å². The third-order valence-electron chi connectivity index (χ3n) is 2.83. The highest BCUT2D eigenvalue weighted by Crippen LogP contribution is 2.37. The van der Waals surface area contributed by atoms with Crippen molar-refractivity contribution in [1.29, 1.82) is 0 Å². The minimum atomic E-state index is -4.73. The second-order valence-electron chi connectivity index (χ2n) is 4.69. The number of carbonyl (C=O) groups excluding carboxylic acids is 1. The zero-order valence-electron chi connectivity index (χ0n) is 12.8. The Kier molecular flexibility index (Phi) is 6.84. The van der Waals surface area contributed by atoms with Gasteiger partial charge in [0.05, 0.1) is 11.8 Å². The van der Waals surface area contributed by atoms with Gasteiger partial charge < -0.3 is 4.84 Å². The lowest BCUT2D eigenvalue weighted by atomic mass is 10.2. The number of aryl methyl sites for hydroxylation is 1. The highest BCUT2D eigenvalue weighted by molar-refractivity contribution is 7.99. The second kappa shape index (κ2) is 8.51. The summed E-state index contributed by atoms with van der Waals surface area (Å²) < 4.78 is 40.8. The van der Waals surface area contributed by atoms with Gasteiger partial charge in [0, 0.05) is 17.0 Å². The molecule has 2 rings (SSSR count). The fourth-order valence-corrected chi connectivity index (χ4v) is 2.89. The summed E-state index contributed by atoms with van der Waals surface area (Å²) in [6.45, 7) is 0. The number of nitrogens with zero attached hydrogens (tertiary/aromatic N) is 3. The normalized spacial score (nSPS) is 12.2. The number of carbonyl (C=O) groups is 1. The largest absolute Gasteiger partial charge is 0.435 e.